The maximum Gasteiger partial charge on any atom is 0.330 e. The van der Waals surface area contributed by atoms with E-state index in [4.69, 9.17) is 4.74 Å². The van der Waals surface area contributed by atoms with Gasteiger partial charge in [0.1, 0.15) is 5.54 Å². The number of ether oxygens (including phenoxy) is 1. The third-order valence-corrected chi connectivity index (χ3v) is 4.26. The standard InChI is InChI=1S/C16H24N2O2/c1-4-13-5-7-14(8-6-13)16(2,15(19)20-3)18-11-9-17-10-12-18/h5-8,17H,4,9-12H2,1-3H3. The number of hydrogen-bond acceptors (Lipinski definition) is 4. The van der Waals surface area contributed by atoms with Crippen LogP contribution < -0.4 is 5.32 Å². The molecule has 1 aliphatic rings. The molecular weight excluding hydrogens is 252 g/mol. The van der Waals surface area contributed by atoms with E-state index >= 15 is 0 Å². The van der Waals surface area contributed by atoms with Crippen LogP contribution in [0.4, 0.5) is 0 Å². The molecule has 4 nitrogen and oxygen atoms in total. The molecule has 0 amide bonds. The summed E-state index contributed by atoms with van der Waals surface area (Å²) < 4.78 is 5.08. The van der Waals surface area contributed by atoms with Gasteiger partial charge in [0.15, 0.2) is 0 Å². The average molecular weight is 276 g/mol. The van der Waals surface area contributed by atoms with E-state index in [-0.39, 0.29) is 5.97 Å². The Bertz CT molecular complexity index is 452. The van der Waals surface area contributed by atoms with Crippen LogP contribution in [-0.4, -0.2) is 44.2 Å². The molecule has 110 valence electrons. The fourth-order valence-electron chi connectivity index (χ4n) is 2.81. The van der Waals surface area contributed by atoms with E-state index in [0.717, 1.165) is 38.2 Å². The van der Waals surface area contributed by atoms with E-state index in [1.165, 1.54) is 12.7 Å². The SMILES string of the molecule is CCc1ccc(C(C)(C(=O)OC)N2CCNCC2)cc1. The van der Waals surface area contributed by atoms with Crippen molar-refractivity contribution in [3.8, 4) is 0 Å². The molecule has 1 saturated heterocycles. The maximum atomic E-state index is 12.4. The minimum absolute atomic E-state index is 0.191. The number of benzene rings is 1. The lowest BCUT2D eigenvalue weighted by Crippen LogP contribution is -2.57. The van der Waals surface area contributed by atoms with Gasteiger partial charge in [0.25, 0.3) is 0 Å². The number of nitrogens with zero attached hydrogens (tertiary/aromatic N) is 1. The minimum Gasteiger partial charge on any atom is -0.467 e. The highest BCUT2D eigenvalue weighted by molar-refractivity contribution is 5.82. The van der Waals surface area contributed by atoms with Crippen LogP contribution in [0, 0.1) is 0 Å². The van der Waals surface area contributed by atoms with Crippen molar-refractivity contribution in [2.45, 2.75) is 25.8 Å². The summed E-state index contributed by atoms with van der Waals surface area (Å²) in [5.41, 5.74) is 1.58. The fourth-order valence-corrected chi connectivity index (χ4v) is 2.81. The molecule has 0 spiro atoms. The maximum absolute atomic E-state index is 12.4. The number of methoxy groups -OCH3 is 1. The molecule has 20 heavy (non-hydrogen) atoms. The number of rotatable bonds is 4. The number of hydrogen-bond donors (Lipinski definition) is 1. The largest absolute Gasteiger partial charge is 0.467 e. The number of piperazine rings is 1. The van der Waals surface area contributed by atoms with E-state index in [0.29, 0.717) is 0 Å². The molecule has 1 aromatic carbocycles. The average Bonchev–Trinajstić information content (AvgIpc) is 2.54. The minimum atomic E-state index is -0.705. The van der Waals surface area contributed by atoms with Crippen LogP contribution in [0.2, 0.25) is 0 Å². The molecule has 0 aliphatic carbocycles. The van der Waals surface area contributed by atoms with E-state index in [1.807, 2.05) is 6.92 Å². The Morgan fingerprint density at radius 1 is 1.30 bits per heavy atom. The first-order chi connectivity index (χ1) is 9.62. The Labute approximate surface area is 121 Å². The van der Waals surface area contributed by atoms with Gasteiger partial charge in [-0.15, -0.1) is 0 Å². The first-order valence-electron chi connectivity index (χ1n) is 7.26. The predicted molar refractivity (Wildman–Crippen MR) is 79.6 cm³/mol. The van der Waals surface area contributed by atoms with Gasteiger partial charge < -0.3 is 10.1 Å². The molecule has 1 aliphatic heterocycles. The molecule has 4 heteroatoms. The number of carbonyl (C=O) groups is 1. The van der Waals surface area contributed by atoms with E-state index < -0.39 is 5.54 Å². The summed E-state index contributed by atoms with van der Waals surface area (Å²) in [5, 5.41) is 3.32. The van der Waals surface area contributed by atoms with Gasteiger partial charge in [-0.3, -0.25) is 4.90 Å². The molecule has 1 fully saturated rings. The first kappa shape index (κ1) is 15.0. The second kappa shape index (κ2) is 6.37. The van der Waals surface area contributed by atoms with Crippen LogP contribution in [0.5, 0.6) is 0 Å². The van der Waals surface area contributed by atoms with E-state index in [2.05, 4.69) is 41.4 Å². The topological polar surface area (TPSA) is 41.6 Å². The van der Waals surface area contributed by atoms with Gasteiger partial charge in [-0.2, -0.15) is 0 Å². The molecule has 1 atom stereocenters. The molecule has 1 aromatic rings. The lowest BCUT2D eigenvalue weighted by Gasteiger charge is -2.41. The van der Waals surface area contributed by atoms with Gasteiger partial charge in [0.2, 0.25) is 0 Å². The van der Waals surface area contributed by atoms with Crippen LogP contribution in [-0.2, 0) is 21.5 Å². The van der Waals surface area contributed by atoms with Crippen LogP contribution in [0.1, 0.15) is 25.0 Å². The van der Waals surface area contributed by atoms with Gasteiger partial charge in [0, 0.05) is 26.2 Å². The summed E-state index contributed by atoms with van der Waals surface area (Å²) in [7, 11) is 1.46. The Kier molecular flexibility index (Phi) is 4.78. The normalized spacial score (nSPS) is 19.4. The summed E-state index contributed by atoms with van der Waals surface area (Å²) in [4.78, 5) is 14.6. The van der Waals surface area contributed by atoms with Gasteiger partial charge in [0.05, 0.1) is 7.11 Å². The molecule has 0 saturated carbocycles. The van der Waals surface area contributed by atoms with Crippen molar-refractivity contribution in [2.75, 3.05) is 33.3 Å². The molecule has 0 aromatic heterocycles. The van der Waals surface area contributed by atoms with Crippen LogP contribution in [0.3, 0.4) is 0 Å². The smallest absolute Gasteiger partial charge is 0.330 e. The Hall–Kier alpha value is -1.39. The zero-order chi connectivity index (χ0) is 14.6. The quantitative estimate of drug-likeness (QED) is 0.847. The highest BCUT2D eigenvalue weighted by Crippen LogP contribution is 2.30. The molecular formula is C16H24N2O2. The number of nitrogens with one attached hydrogen (secondary N) is 1. The molecule has 0 bridgehead atoms. The monoisotopic (exact) mass is 276 g/mol. The Balaban J connectivity index is 2.36. The van der Waals surface area contributed by atoms with Gasteiger partial charge in [-0.1, -0.05) is 31.2 Å². The molecule has 1 unspecified atom stereocenters. The summed E-state index contributed by atoms with van der Waals surface area (Å²) in [6.45, 7) is 7.59. The lowest BCUT2D eigenvalue weighted by molar-refractivity contribution is -0.155. The molecule has 1 heterocycles. The predicted octanol–water partition coefficient (Wildman–Crippen LogP) is 1.54. The van der Waals surface area contributed by atoms with Crippen molar-refractivity contribution in [2.24, 2.45) is 0 Å². The number of carbonyl (C=O) groups excluding carboxylic acids is 1. The number of aryl methyl sites for hydroxylation is 1. The highest BCUT2D eigenvalue weighted by Gasteiger charge is 2.42. The van der Waals surface area contributed by atoms with Crippen LogP contribution in [0.25, 0.3) is 0 Å². The highest BCUT2D eigenvalue weighted by atomic mass is 16.5. The van der Waals surface area contributed by atoms with Crippen molar-refractivity contribution >= 4 is 5.97 Å². The zero-order valence-corrected chi connectivity index (χ0v) is 12.6. The zero-order valence-electron chi connectivity index (χ0n) is 12.6. The molecule has 1 N–H and O–H groups in total. The first-order valence-corrected chi connectivity index (χ1v) is 7.26. The molecule has 0 radical (unpaired) electrons. The summed E-state index contributed by atoms with van der Waals surface area (Å²) in [5.74, 6) is -0.191. The second-order valence-electron chi connectivity index (χ2n) is 5.35. The second-order valence-corrected chi connectivity index (χ2v) is 5.35. The van der Waals surface area contributed by atoms with Gasteiger partial charge in [-0.25, -0.2) is 4.79 Å². The summed E-state index contributed by atoms with van der Waals surface area (Å²) >= 11 is 0. The Morgan fingerprint density at radius 3 is 2.40 bits per heavy atom. The van der Waals surface area contributed by atoms with Gasteiger partial charge >= 0.3 is 5.97 Å². The van der Waals surface area contributed by atoms with Crippen molar-refractivity contribution in [1.29, 1.82) is 0 Å². The molecule has 2 rings (SSSR count). The van der Waals surface area contributed by atoms with Crippen molar-refractivity contribution < 1.29 is 9.53 Å². The number of esters is 1. The third kappa shape index (κ3) is 2.72. The van der Waals surface area contributed by atoms with Crippen LogP contribution in [0.15, 0.2) is 24.3 Å². The Morgan fingerprint density at radius 2 is 1.90 bits per heavy atom. The van der Waals surface area contributed by atoms with Gasteiger partial charge in [-0.05, 0) is 24.5 Å². The lowest BCUT2D eigenvalue weighted by atomic mass is 9.88. The van der Waals surface area contributed by atoms with Crippen molar-refractivity contribution in [3.05, 3.63) is 35.4 Å². The third-order valence-electron chi connectivity index (χ3n) is 4.26. The van der Waals surface area contributed by atoms with Crippen molar-refractivity contribution in [3.63, 3.8) is 0 Å². The van der Waals surface area contributed by atoms with Crippen molar-refractivity contribution in [1.82, 2.24) is 10.2 Å². The fraction of sp³-hybridized carbons (Fsp3) is 0.562. The van der Waals surface area contributed by atoms with E-state index in [1.54, 1.807) is 0 Å². The summed E-state index contributed by atoms with van der Waals surface area (Å²) in [6.07, 6.45) is 1.00. The van der Waals surface area contributed by atoms with E-state index in [9.17, 15) is 4.79 Å². The van der Waals surface area contributed by atoms with Crippen LogP contribution >= 0.6 is 0 Å². The summed E-state index contributed by atoms with van der Waals surface area (Å²) in [6, 6.07) is 8.30.